The van der Waals surface area contributed by atoms with Crippen LogP contribution in [0.4, 0.5) is 22.0 Å². The Balaban J connectivity index is 2.01. The maximum atomic E-state index is 11.7. The molecule has 122 valence electrons. The second kappa shape index (κ2) is 7.13. The molecule has 1 aromatic heterocycles. The SMILES string of the molecule is CCc1ccccc1Nc1ccc(NC(=O)OC(C)(C)C)nc1. The largest absolute Gasteiger partial charge is 0.444 e. The van der Waals surface area contributed by atoms with Crippen molar-refractivity contribution in [2.45, 2.75) is 39.7 Å². The first-order valence-corrected chi connectivity index (χ1v) is 7.68. The minimum absolute atomic E-state index is 0.452. The quantitative estimate of drug-likeness (QED) is 0.856. The van der Waals surface area contributed by atoms with Crippen LogP contribution >= 0.6 is 0 Å². The van der Waals surface area contributed by atoms with Gasteiger partial charge in [0, 0.05) is 5.69 Å². The average molecular weight is 313 g/mol. The molecule has 0 fully saturated rings. The lowest BCUT2D eigenvalue weighted by Gasteiger charge is -2.19. The zero-order chi connectivity index (χ0) is 16.9. The van der Waals surface area contributed by atoms with Gasteiger partial charge in [-0.2, -0.15) is 0 Å². The van der Waals surface area contributed by atoms with Crippen molar-refractivity contribution in [1.82, 2.24) is 4.98 Å². The van der Waals surface area contributed by atoms with Gasteiger partial charge in [-0.05, 0) is 51.0 Å². The van der Waals surface area contributed by atoms with Crippen LogP contribution in [-0.2, 0) is 11.2 Å². The summed E-state index contributed by atoms with van der Waals surface area (Å²) in [7, 11) is 0. The predicted octanol–water partition coefficient (Wildman–Crippen LogP) is 4.73. The fraction of sp³-hybridized carbons (Fsp3) is 0.333. The standard InChI is InChI=1S/C18H23N3O2/c1-5-13-8-6-7-9-15(13)20-14-10-11-16(19-12-14)21-17(22)23-18(2,3)4/h6-12,20H,5H2,1-4H3,(H,19,21,22). The molecule has 1 aromatic carbocycles. The van der Waals surface area contributed by atoms with Crippen molar-refractivity contribution < 1.29 is 9.53 Å². The molecule has 0 aliphatic heterocycles. The van der Waals surface area contributed by atoms with E-state index in [1.165, 1.54) is 5.56 Å². The van der Waals surface area contributed by atoms with Gasteiger partial charge in [0.2, 0.25) is 0 Å². The van der Waals surface area contributed by atoms with E-state index in [9.17, 15) is 4.79 Å². The number of nitrogens with zero attached hydrogens (tertiary/aromatic N) is 1. The third-order valence-corrected chi connectivity index (χ3v) is 3.07. The highest BCUT2D eigenvalue weighted by molar-refractivity contribution is 5.83. The van der Waals surface area contributed by atoms with Crippen LogP contribution in [0.25, 0.3) is 0 Å². The Hall–Kier alpha value is -2.56. The number of hydrogen-bond acceptors (Lipinski definition) is 4. The maximum Gasteiger partial charge on any atom is 0.413 e. The number of amides is 1. The maximum absolute atomic E-state index is 11.7. The van der Waals surface area contributed by atoms with Crippen LogP contribution in [0, 0.1) is 0 Å². The molecule has 0 bridgehead atoms. The molecule has 5 heteroatoms. The van der Waals surface area contributed by atoms with Gasteiger partial charge in [-0.25, -0.2) is 9.78 Å². The second-order valence-corrected chi connectivity index (χ2v) is 6.19. The molecule has 0 spiro atoms. The molecule has 2 rings (SSSR count). The third kappa shape index (κ3) is 5.29. The summed E-state index contributed by atoms with van der Waals surface area (Å²) in [5.41, 5.74) is 2.63. The molecule has 0 aliphatic carbocycles. The summed E-state index contributed by atoms with van der Waals surface area (Å²) in [6.45, 7) is 7.57. The fourth-order valence-corrected chi connectivity index (χ4v) is 2.06. The summed E-state index contributed by atoms with van der Waals surface area (Å²) in [5.74, 6) is 0.452. The van der Waals surface area contributed by atoms with Crippen LogP contribution < -0.4 is 10.6 Å². The number of ether oxygens (including phenoxy) is 1. The summed E-state index contributed by atoms with van der Waals surface area (Å²) >= 11 is 0. The van der Waals surface area contributed by atoms with Crippen molar-refractivity contribution in [2.24, 2.45) is 0 Å². The zero-order valence-electron chi connectivity index (χ0n) is 14.0. The molecule has 23 heavy (non-hydrogen) atoms. The Bertz CT molecular complexity index is 661. The average Bonchev–Trinajstić information content (AvgIpc) is 2.48. The lowest BCUT2D eigenvalue weighted by Crippen LogP contribution is -2.27. The fourth-order valence-electron chi connectivity index (χ4n) is 2.06. The van der Waals surface area contributed by atoms with E-state index >= 15 is 0 Å². The lowest BCUT2D eigenvalue weighted by atomic mass is 10.1. The smallest absolute Gasteiger partial charge is 0.413 e. The van der Waals surface area contributed by atoms with Crippen LogP contribution in [0.5, 0.6) is 0 Å². The molecular weight excluding hydrogens is 290 g/mol. The number of nitrogens with one attached hydrogen (secondary N) is 2. The van der Waals surface area contributed by atoms with Gasteiger partial charge in [0.15, 0.2) is 0 Å². The number of anilines is 3. The van der Waals surface area contributed by atoms with Gasteiger partial charge in [0.25, 0.3) is 0 Å². The molecule has 0 saturated carbocycles. The first kappa shape index (κ1) is 16.8. The molecule has 0 saturated heterocycles. The van der Waals surface area contributed by atoms with E-state index in [0.29, 0.717) is 5.82 Å². The Kier molecular flexibility index (Phi) is 5.21. The molecular formula is C18H23N3O2. The van der Waals surface area contributed by atoms with E-state index in [4.69, 9.17) is 4.74 Å². The first-order chi connectivity index (χ1) is 10.9. The third-order valence-electron chi connectivity index (χ3n) is 3.07. The van der Waals surface area contributed by atoms with Gasteiger partial charge in [0.05, 0.1) is 11.9 Å². The van der Waals surface area contributed by atoms with Crippen LogP contribution in [0.15, 0.2) is 42.6 Å². The summed E-state index contributed by atoms with van der Waals surface area (Å²) < 4.78 is 5.19. The molecule has 5 nitrogen and oxygen atoms in total. The number of para-hydroxylation sites is 1. The highest BCUT2D eigenvalue weighted by Crippen LogP contribution is 2.21. The zero-order valence-corrected chi connectivity index (χ0v) is 14.0. The molecule has 0 atom stereocenters. The Morgan fingerprint density at radius 1 is 1.17 bits per heavy atom. The monoisotopic (exact) mass is 313 g/mol. The van der Waals surface area contributed by atoms with Crippen molar-refractivity contribution in [1.29, 1.82) is 0 Å². The number of pyridine rings is 1. The van der Waals surface area contributed by atoms with Crippen LogP contribution in [0.1, 0.15) is 33.3 Å². The van der Waals surface area contributed by atoms with Gasteiger partial charge in [-0.15, -0.1) is 0 Å². The van der Waals surface area contributed by atoms with Crippen LogP contribution in [0.3, 0.4) is 0 Å². The minimum Gasteiger partial charge on any atom is -0.444 e. The summed E-state index contributed by atoms with van der Waals surface area (Å²) in [6.07, 6.45) is 2.12. The summed E-state index contributed by atoms with van der Waals surface area (Å²) in [5, 5.41) is 5.95. The summed E-state index contributed by atoms with van der Waals surface area (Å²) in [4.78, 5) is 15.9. The van der Waals surface area contributed by atoms with Crippen LogP contribution in [0.2, 0.25) is 0 Å². The highest BCUT2D eigenvalue weighted by atomic mass is 16.6. The number of carbonyl (C=O) groups excluding carboxylic acids is 1. The lowest BCUT2D eigenvalue weighted by molar-refractivity contribution is 0.0635. The molecule has 2 N–H and O–H groups in total. The van der Waals surface area contributed by atoms with E-state index in [-0.39, 0.29) is 0 Å². The number of benzene rings is 1. The number of rotatable bonds is 4. The summed E-state index contributed by atoms with van der Waals surface area (Å²) in [6, 6.07) is 11.7. The van der Waals surface area contributed by atoms with E-state index in [1.54, 1.807) is 12.3 Å². The van der Waals surface area contributed by atoms with Crippen molar-refractivity contribution in [3.8, 4) is 0 Å². The highest BCUT2D eigenvalue weighted by Gasteiger charge is 2.16. The van der Waals surface area contributed by atoms with E-state index in [0.717, 1.165) is 17.8 Å². The number of aryl methyl sites for hydroxylation is 1. The Morgan fingerprint density at radius 2 is 1.91 bits per heavy atom. The van der Waals surface area contributed by atoms with Gasteiger partial charge in [-0.1, -0.05) is 25.1 Å². The van der Waals surface area contributed by atoms with E-state index < -0.39 is 11.7 Å². The van der Waals surface area contributed by atoms with E-state index in [2.05, 4.69) is 28.6 Å². The number of aromatic nitrogens is 1. The number of carbonyl (C=O) groups is 1. The van der Waals surface area contributed by atoms with Crippen molar-refractivity contribution in [2.75, 3.05) is 10.6 Å². The van der Waals surface area contributed by atoms with Crippen LogP contribution in [-0.4, -0.2) is 16.7 Å². The van der Waals surface area contributed by atoms with Gasteiger partial charge in [-0.3, -0.25) is 5.32 Å². The molecule has 0 unspecified atom stereocenters. The molecule has 0 aliphatic rings. The van der Waals surface area contributed by atoms with Gasteiger partial charge < -0.3 is 10.1 Å². The molecule has 1 heterocycles. The van der Waals surface area contributed by atoms with Gasteiger partial charge in [0.1, 0.15) is 11.4 Å². The minimum atomic E-state index is -0.532. The second-order valence-electron chi connectivity index (χ2n) is 6.19. The van der Waals surface area contributed by atoms with Crippen molar-refractivity contribution in [3.63, 3.8) is 0 Å². The predicted molar refractivity (Wildman–Crippen MR) is 93.2 cm³/mol. The van der Waals surface area contributed by atoms with Crippen molar-refractivity contribution in [3.05, 3.63) is 48.2 Å². The number of hydrogen-bond donors (Lipinski definition) is 2. The van der Waals surface area contributed by atoms with E-state index in [1.807, 2.05) is 45.0 Å². The molecule has 1 amide bonds. The van der Waals surface area contributed by atoms with Gasteiger partial charge >= 0.3 is 6.09 Å². The van der Waals surface area contributed by atoms with Crippen molar-refractivity contribution >= 4 is 23.3 Å². The topological polar surface area (TPSA) is 63.2 Å². The Labute approximate surface area is 137 Å². The normalized spacial score (nSPS) is 11.0. The Morgan fingerprint density at radius 3 is 2.52 bits per heavy atom. The first-order valence-electron chi connectivity index (χ1n) is 7.68. The molecule has 0 radical (unpaired) electrons. The molecule has 2 aromatic rings.